The molecule has 0 saturated heterocycles. The van der Waals surface area contributed by atoms with Gasteiger partial charge in [0.2, 0.25) is 0 Å². The largest absolute Gasteiger partial charge is 0.397 e. The van der Waals surface area contributed by atoms with Crippen molar-refractivity contribution in [3.05, 3.63) is 10.9 Å². The number of hydrogen-bond donors (Lipinski definition) is 1. The Labute approximate surface area is 111 Å². The van der Waals surface area contributed by atoms with Crippen LogP contribution in [0.4, 0.5) is 10.7 Å². The van der Waals surface area contributed by atoms with Gasteiger partial charge in [0.15, 0.2) is 5.78 Å². The Morgan fingerprint density at radius 3 is 2.28 bits per heavy atom. The number of rotatable bonds is 8. The van der Waals surface area contributed by atoms with E-state index in [-0.39, 0.29) is 5.78 Å². The van der Waals surface area contributed by atoms with E-state index < -0.39 is 0 Å². The molecule has 18 heavy (non-hydrogen) atoms. The van der Waals surface area contributed by atoms with E-state index in [4.69, 9.17) is 15.2 Å². The monoisotopic (exact) mass is 272 g/mol. The summed E-state index contributed by atoms with van der Waals surface area (Å²) in [6.07, 6.45) is 0. The van der Waals surface area contributed by atoms with Crippen LogP contribution in [0.15, 0.2) is 6.07 Å². The van der Waals surface area contributed by atoms with E-state index in [9.17, 15) is 4.79 Å². The van der Waals surface area contributed by atoms with Gasteiger partial charge in [-0.2, -0.15) is 0 Å². The first-order chi connectivity index (χ1) is 8.60. The second-order valence-electron chi connectivity index (χ2n) is 3.90. The summed E-state index contributed by atoms with van der Waals surface area (Å²) in [6.45, 7) is 4.27. The van der Waals surface area contributed by atoms with E-state index in [2.05, 4.69) is 4.90 Å². The number of methoxy groups -OCH3 is 2. The summed E-state index contributed by atoms with van der Waals surface area (Å²) in [7, 11) is 3.33. The average molecular weight is 272 g/mol. The first-order valence-electron chi connectivity index (χ1n) is 5.73. The van der Waals surface area contributed by atoms with Crippen LogP contribution in [-0.2, 0) is 9.47 Å². The molecule has 0 fully saturated rings. The summed E-state index contributed by atoms with van der Waals surface area (Å²) in [6, 6.07) is 1.84. The Balaban J connectivity index is 2.83. The molecule has 0 amide bonds. The highest BCUT2D eigenvalue weighted by molar-refractivity contribution is 7.18. The number of carbonyl (C=O) groups is 1. The van der Waals surface area contributed by atoms with Crippen molar-refractivity contribution in [1.29, 1.82) is 0 Å². The molecule has 102 valence electrons. The summed E-state index contributed by atoms with van der Waals surface area (Å²) in [5, 5.41) is 0.979. The highest BCUT2D eigenvalue weighted by Crippen LogP contribution is 2.32. The van der Waals surface area contributed by atoms with Crippen molar-refractivity contribution in [2.45, 2.75) is 6.92 Å². The lowest BCUT2D eigenvalue weighted by atomic mass is 10.3. The van der Waals surface area contributed by atoms with Gasteiger partial charge in [0, 0.05) is 34.2 Å². The van der Waals surface area contributed by atoms with Gasteiger partial charge in [-0.15, -0.1) is 11.3 Å². The van der Waals surface area contributed by atoms with Gasteiger partial charge in [0.05, 0.1) is 28.8 Å². The van der Waals surface area contributed by atoms with Gasteiger partial charge in [0.1, 0.15) is 0 Å². The predicted molar refractivity (Wildman–Crippen MR) is 74.7 cm³/mol. The van der Waals surface area contributed by atoms with Crippen molar-refractivity contribution >= 4 is 27.8 Å². The highest BCUT2D eigenvalue weighted by Gasteiger charge is 2.15. The number of nitrogens with zero attached hydrogens (tertiary/aromatic N) is 1. The standard InChI is InChI=1S/C12H20N2O3S/c1-9(15)12-10(13)8-11(18-12)14(4-6-16-2)5-7-17-3/h8H,4-7,13H2,1-3H3. The molecule has 0 unspecified atom stereocenters. The maximum absolute atomic E-state index is 11.4. The van der Waals surface area contributed by atoms with Crippen LogP contribution in [0, 0.1) is 0 Å². The summed E-state index contributed by atoms with van der Waals surface area (Å²) >= 11 is 1.42. The van der Waals surface area contributed by atoms with Crippen molar-refractivity contribution in [2.75, 3.05) is 51.2 Å². The van der Waals surface area contributed by atoms with Crippen LogP contribution in [0.25, 0.3) is 0 Å². The van der Waals surface area contributed by atoms with Crippen molar-refractivity contribution in [3.63, 3.8) is 0 Å². The van der Waals surface area contributed by atoms with Gasteiger partial charge < -0.3 is 20.1 Å². The Kier molecular flexibility index (Phi) is 6.11. The van der Waals surface area contributed by atoms with Crippen LogP contribution < -0.4 is 10.6 Å². The average Bonchev–Trinajstić information content (AvgIpc) is 2.71. The molecule has 0 aliphatic rings. The first kappa shape index (κ1) is 14.9. The number of ether oxygens (including phenoxy) is 2. The van der Waals surface area contributed by atoms with Gasteiger partial charge in [-0.25, -0.2) is 0 Å². The molecule has 1 heterocycles. The Bertz CT molecular complexity index is 385. The predicted octanol–water partition coefficient (Wildman–Crippen LogP) is 1.63. The molecule has 0 atom stereocenters. The number of nitrogens with two attached hydrogens (primary N) is 1. The van der Waals surface area contributed by atoms with Gasteiger partial charge in [-0.05, 0) is 6.07 Å². The molecule has 0 bridgehead atoms. The third kappa shape index (κ3) is 3.97. The molecule has 6 heteroatoms. The summed E-state index contributed by atoms with van der Waals surface area (Å²) < 4.78 is 10.2. The Morgan fingerprint density at radius 2 is 1.89 bits per heavy atom. The van der Waals surface area contributed by atoms with E-state index in [0.717, 1.165) is 18.1 Å². The van der Waals surface area contributed by atoms with E-state index in [1.165, 1.54) is 18.3 Å². The minimum absolute atomic E-state index is 0.00202. The fraction of sp³-hybridized carbons (Fsp3) is 0.583. The molecule has 0 radical (unpaired) electrons. The Morgan fingerprint density at radius 1 is 1.33 bits per heavy atom. The molecular formula is C12H20N2O3S. The lowest BCUT2D eigenvalue weighted by Gasteiger charge is -2.22. The van der Waals surface area contributed by atoms with E-state index in [0.29, 0.717) is 23.8 Å². The zero-order valence-electron chi connectivity index (χ0n) is 11.1. The number of Topliss-reactive ketones (excluding diaryl/α,β-unsaturated/α-hetero) is 1. The summed E-state index contributed by atoms with van der Waals surface area (Å²) in [5.74, 6) is 0.00202. The molecule has 0 saturated carbocycles. The number of anilines is 2. The topological polar surface area (TPSA) is 64.8 Å². The van der Waals surface area contributed by atoms with Crippen LogP contribution in [-0.4, -0.2) is 46.3 Å². The van der Waals surface area contributed by atoms with Crippen LogP contribution in [0.3, 0.4) is 0 Å². The smallest absolute Gasteiger partial charge is 0.171 e. The molecular weight excluding hydrogens is 252 g/mol. The number of thiophene rings is 1. The zero-order valence-corrected chi connectivity index (χ0v) is 11.9. The quantitative estimate of drug-likeness (QED) is 0.729. The zero-order chi connectivity index (χ0) is 13.5. The number of hydrogen-bond acceptors (Lipinski definition) is 6. The maximum atomic E-state index is 11.4. The lowest BCUT2D eigenvalue weighted by Crippen LogP contribution is -2.29. The molecule has 5 nitrogen and oxygen atoms in total. The second kappa shape index (κ2) is 7.35. The fourth-order valence-corrected chi connectivity index (χ4v) is 2.58. The van der Waals surface area contributed by atoms with Crippen molar-refractivity contribution in [2.24, 2.45) is 0 Å². The van der Waals surface area contributed by atoms with Crippen molar-refractivity contribution in [1.82, 2.24) is 0 Å². The van der Waals surface area contributed by atoms with E-state index >= 15 is 0 Å². The minimum Gasteiger partial charge on any atom is -0.397 e. The molecule has 0 aliphatic carbocycles. The van der Waals surface area contributed by atoms with Gasteiger partial charge in [-0.1, -0.05) is 0 Å². The molecule has 1 aromatic heterocycles. The third-order valence-corrected chi connectivity index (χ3v) is 3.82. The fourth-order valence-electron chi connectivity index (χ4n) is 1.56. The van der Waals surface area contributed by atoms with Crippen LogP contribution in [0.2, 0.25) is 0 Å². The molecule has 0 aromatic carbocycles. The molecule has 1 aromatic rings. The van der Waals surface area contributed by atoms with E-state index in [1.807, 2.05) is 6.07 Å². The van der Waals surface area contributed by atoms with Crippen LogP contribution in [0.5, 0.6) is 0 Å². The lowest BCUT2D eigenvalue weighted by molar-refractivity contribution is 0.102. The normalized spacial score (nSPS) is 10.6. The molecule has 1 rings (SSSR count). The van der Waals surface area contributed by atoms with Gasteiger partial charge >= 0.3 is 0 Å². The molecule has 0 spiro atoms. The highest BCUT2D eigenvalue weighted by atomic mass is 32.1. The van der Waals surface area contributed by atoms with Gasteiger partial charge in [-0.3, -0.25) is 4.79 Å². The van der Waals surface area contributed by atoms with Gasteiger partial charge in [0.25, 0.3) is 0 Å². The number of ketones is 1. The van der Waals surface area contributed by atoms with Crippen LogP contribution in [0.1, 0.15) is 16.6 Å². The molecule has 0 aliphatic heterocycles. The maximum Gasteiger partial charge on any atom is 0.171 e. The first-order valence-corrected chi connectivity index (χ1v) is 6.54. The summed E-state index contributed by atoms with van der Waals surface area (Å²) in [4.78, 5) is 14.1. The summed E-state index contributed by atoms with van der Waals surface area (Å²) in [5.41, 5.74) is 6.38. The van der Waals surface area contributed by atoms with Crippen molar-refractivity contribution in [3.8, 4) is 0 Å². The van der Waals surface area contributed by atoms with E-state index in [1.54, 1.807) is 14.2 Å². The molecule has 2 N–H and O–H groups in total. The number of carbonyl (C=O) groups excluding carboxylic acids is 1. The van der Waals surface area contributed by atoms with Crippen LogP contribution >= 0.6 is 11.3 Å². The number of nitrogen functional groups attached to an aromatic ring is 1. The SMILES string of the molecule is COCCN(CCOC)c1cc(N)c(C(C)=O)s1. The Hall–Kier alpha value is -1.11. The third-order valence-electron chi connectivity index (χ3n) is 2.51. The minimum atomic E-state index is 0.00202. The van der Waals surface area contributed by atoms with Crippen molar-refractivity contribution < 1.29 is 14.3 Å². The second-order valence-corrected chi connectivity index (χ2v) is 4.93.